The number of H-pyrrole nitrogens is 1. The van der Waals surface area contributed by atoms with E-state index in [9.17, 15) is 4.79 Å². The van der Waals surface area contributed by atoms with Gasteiger partial charge in [-0.2, -0.15) is 5.10 Å². The van der Waals surface area contributed by atoms with Crippen molar-refractivity contribution in [1.29, 1.82) is 0 Å². The van der Waals surface area contributed by atoms with Crippen LogP contribution in [0.3, 0.4) is 0 Å². The molecule has 0 aromatic carbocycles. The normalized spacial score (nSPS) is 10.4. The van der Waals surface area contributed by atoms with Gasteiger partial charge in [-0.15, -0.1) is 0 Å². The van der Waals surface area contributed by atoms with E-state index < -0.39 is 0 Å². The molecular weight excluding hydrogens is 222 g/mol. The van der Waals surface area contributed by atoms with Crippen LogP contribution in [-0.2, 0) is 0 Å². The minimum atomic E-state index is 0.410. The number of hydrogen-bond donors (Lipinski definition) is 1. The molecule has 2 rings (SSSR count). The van der Waals surface area contributed by atoms with Crippen LogP contribution in [0.1, 0.15) is 10.5 Å². The van der Waals surface area contributed by atoms with Crippen LogP contribution in [0, 0.1) is 0 Å². The molecule has 0 spiro atoms. The number of hydrogen-bond acceptors (Lipinski definition) is 3. The van der Waals surface area contributed by atoms with Gasteiger partial charge in [0.1, 0.15) is 10.3 Å². The van der Waals surface area contributed by atoms with E-state index in [4.69, 9.17) is 0 Å². The quantitative estimate of drug-likeness (QED) is 0.592. The van der Waals surface area contributed by atoms with Gasteiger partial charge in [0, 0.05) is 5.39 Å². The minimum absolute atomic E-state index is 0.410. The molecule has 0 bridgehead atoms. The second-order valence-electron chi connectivity index (χ2n) is 2.28. The monoisotopic (exact) mass is 225 g/mol. The van der Waals surface area contributed by atoms with Crippen molar-refractivity contribution in [3.63, 3.8) is 0 Å². The third-order valence-corrected chi connectivity index (χ3v) is 1.99. The summed E-state index contributed by atoms with van der Waals surface area (Å²) >= 11 is 3.21. The van der Waals surface area contributed by atoms with Gasteiger partial charge in [-0.05, 0) is 22.0 Å². The molecule has 0 aliphatic heterocycles. The van der Waals surface area contributed by atoms with Gasteiger partial charge in [0.15, 0.2) is 6.29 Å². The Morgan fingerprint density at radius 3 is 3.17 bits per heavy atom. The van der Waals surface area contributed by atoms with Crippen molar-refractivity contribution >= 4 is 33.1 Å². The van der Waals surface area contributed by atoms with Crippen LogP contribution in [0.5, 0.6) is 0 Å². The van der Waals surface area contributed by atoms with Gasteiger partial charge in [-0.1, -0.05) is 0 Å². The molecule has 60 valence electrons. The Kier molecular flexibility index (Phi) is 1.65. The standard InChI is InChI=1S/C7H4BrN3O/c8-7-1-4-5(2-9-7)10-11-6(4)3-12/h1-3H,(H,10,11). The highest BCUT2D eigenvalue weighted by atomic mass is 79.9. The highest BCUT2D eigenvalue weighted by Crippen LogP contribution is 2.17. The predicted molar refractivity (Wildman–Crippen MR) is 47.0 cm³/mol. The lowest BCUT2D eigenvalue weighted by Crippen LogP contribution is -1.79. The first-order valence-electron chi connectivity index (χ1n) is 3.26. The second-order valence-corrected chi connectivity index (χ2v) is 3.09. The first kappa shape index (κ1) is 7.42. The lowest BCUT2D eigenvalue weighted by Gasteiger charge is -1.88. The Bertz CT molecular complexity index is 437. The number of fused-ring (bicyclic) bond motifs is 1. The molecule has 0 saturated heterocycles. The van der Waals surface area contributed by atoms with Crippen LogP contribution in [0.2, 0.25) is 0 Å². The lowest BCUT2D eigenvalue weighted by molar-refractivity contribution is 0.112. The Hall–Kier alpha value is -1.23. The Morgan fingerprint density at radius 2 is 2.42 bits per heavy atom. The number of nitrogens with one attached hydrogen (secondary N) is 1. The fourth-order valence-corrected chi connectivity index (χ4v) is 1.33. The van der Waals surface area contributed by atoms with Crippen molar-refractivity contribution in [3.8, 4) is 0 Å². The van der Waals surface area contributed by atoms with Crippen molar-refractivity contribution in [2.75, 3.05) is 0 Å². The Labute approximate surface area is 76.1 Å². The molecule has 0 saturated carbocycles. The van der Waals surface area contributed by atoms with Crippen LogP contribution in [0.4, 0.5) is 0 Å². The van der Waals surface area contributed by atoms with Gasteiger partial charge in [-0.25, -0.2) is 4.98 Å². The van der Waals surface area contributed by atoms with Gasteiger partial charge in [0.05, 0.1) is 11.7 Å². The van der Waals surface area contributed by atoms with Gasteiger partial charge in [0.25, 0.3) is 0 Å². The topological polar surface area (TPSA) is 58.6 Å². The van der Waals surface area contributed by atoms with Crippen LogP contribution >= 0.6 is 15.9 Å². The van der Waals surface area contributed by atoms with E-state index in [1.54, 1.807) is 12.3 Å². The average Bonchev–Trinajstić information content (AvgIpc) is 2.46. The smallest absolute Gasteiger partial charge is 0.170 e. The molecule has 0 aliphatic carbocycles. The molecule has 1 N–H and O–H groups in total. The molecule has 2 aromatic rings. The number of aldehydes is 1. The first-order valence-corrected chi connectivity index (χ1v) is 4.05. The van der Waals surface area contributed by atoms with Crippen molar-refractivity contribution in [2.24, 2.45) is 0 Å². The van der Waals surface area contributed by atoms with E-state index in [0.29, 0.717) is 16.6 Å². The summed E-state index contributed by atoms with van der Waals surface area (Å²) in [5.41, 5.74) is 1.17. The summed E-state index contributed by atoms with van der Waals surface area (Å²) in [4.78, 5) is 14.5. The minimum Gasteiger partial charge on any atom is -0.296 e. The number of pyridine rings is 1. The second kappa shape index (κ2) is 2.67. The number of halogens is 1. The van der Waals surface area contributed by atoms with Gasteiger partial charge in [-0.3, -0.25) is 9.89 Å². The van der Waals surface area contributed by atoms with E-state index in [1.165, 1.54) is 0 Å². The van der Waals surface area contributed by atoms with Crippen LogP contribution in [-0.4, -0.2) is 21.5 Å². The summed E-state index contributed by atoms with van der Waals surface area (Å²) in [6, 6.07) is 1.75. The molecule has 0 atom stereocenters. The zero-order valence-electron chi connectivity index (χ0n) is 5.91. The molecule has 12 heavy (non-hydrogen) atoms. The molecule has 4 nitrogen and oxygen atoms in total. The Balaban J connectivity index is 2.83. The largest absolute Gasteiger partial charge is 0.296 e. The summed E-state index contributed by atoms with van der Waals surface area (Å²) in [5, 5.41) is 7.29. The molecular formula is C7H4BrN3O. The maximum absolute atomic E-state index is 10.5. The third-order valence-electron chi connectivity index (χ3n) is 1.55. The Morgan fingerprint density at radius 1 is 1.58 bits per heavy atom. The van der Waals surface area contributed by atoms with Crippen LogP contribution in [0.15, 0.2) is 16.9 Å². The van der Waals surface area contributed by atoms with E-state index in [0.717, 1.165) is 10.9 Å². The third kappa shape index (κ3) is 1.02. The number of carbonyl (C=O) groups excluding carboxylic acids is 1. The number of carbonyl (C=O) groups is 1. The van der Waals surface area contributed by atoms with Crippen molar-refractivity contribution in [2.45, 2.75) is 0 Å². The van der Waals surface area contributed by atoms with E-state index in [2.05, 4.69) is 31.1 Å². The van der Waals surface area contributed by atoms with Gasteiger partial charge in [0.2, 0.25) is 0 Å². The van der Waals surface area contributed by atoms with Crippen LogP contribution in [0.25, 0.3) is 10.9 Å². The number of aromatic nitrogens is 3. The summed E-state index contributed by atoms with van der Waals surface area (Å²) in [6.45, 7) is 0. The highest BCUT2D eigenvalue weighted by molar-refractivity contribution is 9.10. The molecule has 0 fully saturated rings. The highest BCUT2D eigenvalue weighted by Gasteiger charge is 2.04. The SMILES string of the molecule is O=Cc1n[nH]c2cnc(Br)cc12. The van der Waals surface area contributed by atoms with Crippen molar-refractivity contribution in [1.82, 2.24) is 15.2 Å². The molecule has 2 aromatic heterocycles. The van der Waals surface area contributed by atoms with Gasteiger partial charge < -0.3 is 0 Å². The molecule has 2 heterocycles. The van der Waals surface area contributed by atoms with Crippen LogP contribution < -0.4 is 0 Å². The van der Waals surface area contributed by atoms with Crippen molar-refractivity contribution < 1.29 is 4.79 Å². The molecule has 0 aliphatic rings. The fraction of sp³-hybridized carbons (Fsp3) is 0. The summed E-state index contributed by atoms with van der Waals surface area (Å²) in [7, 11) is 0. The molecule has 0 amide bonds. The zero-order valence-corrected chi connectivity index (χ0v) is 7.50. The maximum Gasteiger partial charge on any atom is 0.170 e. The summed E-state index contributed by atoms with van der Waals surface area (Å²) in [5.74, 6) is 0. The van der Waals surface area contributed by atoms with E-state index in [1.807, 2.05) is 0 Å². The molecule has 0 radical (unpaired) electrons. The number of aromatic amines is 1. The van der Waals surface area contributed by atoms with Gasteiger partial charge >= 0.3 is 0 Å². The maximum atomic E-state index is 10.5. The van der Waals surface area contributed by atoms with E-state index >= 15 is 0 Å². The molecule has 5 heteroatoms. The first-order chi connectivity index (χ1) is 5.81. The van der Waals surface area contributed by atoms with Crippen molar-refractivity contribution in [3.05, 3.63) is 22.6 Å². The predicted octanol–water partition coefficient (Wildman–Crippen LogP) is 1.53. The van der Waals surface area contributed by atoms with E-state index in [-0.39, 0.29) is 0 Å². The zero-order chi connectivity index (χ0) is 8.55. The number of nitrogens with zero attached hydrogens (tertiary/aromatic N) is 2. The summed E-state index contributed by atoms with van der Waals surface area (Å²) < 4.78 is 0.694. The average molecular weight is 226 g/mol. The molecule has 0 unspecified atom stereocenters. The fourth-order valence-electron chi connectivity index (χ4n) is 1.00. The lowest BCUT2D eigenvalue weighted by atomic mass is 10.3. The number of rotatable bonds is 1. The summed E-state index contributed by atoms with van der Waals surface area (Å²) in [6.07, 6.45) is 2.34.